The number of para-hydroxylation sites is 3. The van der Waals surface area contributed by atoms with Crippen molar-refractivity contribution in [2.24, 2.45) is 0 Å². The lowest BCUT2D eigenvalue weighted by Crippen LogP contribution is -2.52. The van der Waals surface area contributed by atoms with Crippen LogP contribution in [0.2, 0.25) is 0 Å². The lowest BCUT2D eigenvalue weighted by molar-refractivity contribution is -0.125. The van der Waals surface area contributed by atoms with Crippen LogP contribution in [-0.4, -0.2) is 36.3 Å². The van der Waals surface area contributed by atoms with Gasteiger partial charge in [-0.1, -0.05) is 31.2 Å². The minimum atomic E-state index is -0.713. The van der Waals surface area contributed by atoms with E-state index in [4.69, 9.17) is 4.74 Å². The summed E-state index contributed by atoms with van der Waals surface area (Å²) in [4.78, 5) is 30.1. The number of carbonyl (C=O) groups excluding carboxylic acids is 2. The zero-order chi connectivity index (χ0) is 19.0. The van der Waals surface area contributed by atoms with Crippen molar-refractivity contribution < 1.29 is 14.3 Å². The molecular weight excluding hydrogens is 360 g/mol. The first kappa shape index (κ1) is 17.9. The molecule has 2 aromatic carbocycles. The van der Waals surface area contributed by atoms with Gasteiger partial charge in [-0.3, -0.25) is 9.59 Å². The third kappa shape index (κ3) is 3.41. The standard InChI is InChI=1S/C21H22N2O3S/c1-14-11-12-22(17-8-4-6-10-20(17)27-14)21(25)19-13-23(15(2)24)16-7-3-5-9-18(16)26-19/h3-10,14,19H,11-13H2,1-2H3. The molecule has 5 nitrogen and oxygen atoms in total. The molecule has 0 aromatic heterocycles. The van der Waals surface area contributed by atoms with Gasteiger partial charge in [-0.25, -0.2) is 0 Å². The monoisotopic (exact) mass is 382 g/mol. The van der Waals surface area contributed by atoms with Crippen LogP contribution in [0.25, 0.3) is 0 Å². The second kappa shape index (κ2) is 7.27. The van der Waals surface area contributed by atoms with E-state index in [1.165, 1.54) is 6.92 Å². The summed E-state index contributed by atoms with van der Waals surface area (Å²) >= 11 is 1.80. The van der Waals surface area contributed by atoms with Crippen LogP contribution in [0, 0.1) is 0 Å². The number of hydrogen-bond acceptors (Lipinski definition) is 4. The average molecular weight is 382 g/mol. The van der Waals surface area contributed by atoms with Crippen molar-refractivity contribution in [3.8, 4) is 5.75 Å². The Kier molecular flexibility index (Phi) is 4.83. The highest BCUT2D eigenvalue weighted by Gasteiger charge is 2.36. The zero-order valence-electron chi connectivity index (χ0n) is 15.4. The maximum absolute atomic E-state index is 13.4. The van der Waals surface area contributed by atoms with Gasteiger partial charge in [0.05, 0.1) is 17.9 Å². The molecule has 27 heavy (non-hydrogen) atoms. The summed E-state index contributed by atoms with van der Waals surface area (Å²) in [6, 6.07) is 15.4. The predicted molar refractivity (Wildman–Crippen MR) is 108 cm³/mol. The van der Waals surface area contributed by atoms with Crippen molar-refractivity contribution in [3.63, 3.8) is 0 Å². The molecule has 2 aliphatic heterocycles. The quantitative estimate of drug-likeness (QED) is 0.754. The van der Waals surface area contributed by atoms with E-state index in [1.807, 2.05) is 41.3 Å². The van der Waals surface area contributed by atoms with Gasteiger partial charge >= 0.3 is 0 Å². The van der Waals surface area contributed by atoms with Gasteiger partial charge < -0.3 is 14.5 Å². The summed E-state index contributed by atoms with van der Waals surface area (Å²) in [6.07, 6.45) is 0.195. The Labute approximate surface area is 163 Å². The molecule has 0 aliphatic carbocycles. The molecule has 2 atom stereocenters. The minimum Gasteiger partial charge on any atom is -0.476 e. The molecule has 0 spiro atoms. The number of benzene rings is 2. The van der Waals surface area contributed by atoms with Gasteiger partial charge in [-0.05, 0) is 30.7 Å². The fourth-order valence-electron chi connectivity index (χ4n) is 3.55. The summed E-state index contributed by atoms with van der Waals surface area (Å²) in [5.74, 6) is 0.380. The van der Waals surface area contributed by atoms with Crippen LogP contribution in [0.4, 0.5) is 11.4 Å². The Morgan fingerprint density at radius 3 is 2.52 bits per heavy atom. The molecule has 2 aliphatic rings. The molecule has 0 saturated heterocycles. The van der Waals surface area contributed by atoms with E-state index < -0.39 is 6.10 Å². The summed E-state index contributed by atoms with van der Waals surface area (Å²) in [6.45, 7) is 4.57. The Morgan fingerprint density at radius 2 is 1.74 bits per heavy atom. The number of amides is 2. The lowest BCUT2D eigenvalue weighted by Gasteiger charge is -2.36. The van der Waals surface area contributed by atoms with E-state index in [0.717, 1.165) is 22.7 Å². The molecule has 0 bridgehead atoms. The molecule has 0 saturated carbocycles. The van der Waals surface area contributed by atoms with Crippen molar-refractivity contribution in [3.05, 3.63) is 48.5 Å². The zero-order valence-corrected chi connectivity index (χ0v) is 16.2. The minimum absolute atomic E-state index is 0.0935. The van der Waals surface area contributed by atoms with Crippen molar-refractivity contribution in [1.82, 2.24) is 0 Å². The van der Waals surface area contributed by atoms with Gasteiger partial charge in [-0.2, -0.15) is 0 Å². The summed E-state index contributed by atoms with van der Waals surface area (Å²) in [7, 11) is 0. The van der Waals surface area contributed by atoms with E-state index in [1.54, 1.807) is 22.7 Å². The van der Waals surface area contributed by atoms with Crippen LogP contribution in [0.15, 0.2) is 53.4 Å². The average Bonchev–Trinajstić information content (AvgIpc) is 2.84. The fraction of sp³-hybridized carbons (Fsp3) is 0.333. The number of thioether (sulfide) groups is 1. The first-order valence-corrected chi connectivity index (χ1v) is 10.0. The number of nitrogens with zero attached hydrogens (tertiary/aromatic N) is 2. The number of hydrogen-bond donors (Lipinski definition) is 0. The van der Waals surface area contributed by atoms with E-state index in [9.17, 15) is 9.59 Å². The Hall–Kier alpha value is -2.47. The molecule has 2 aromatic rings. The lowest BCUT2D eigenvalue weighted by atomic mass is 10.1. The second-order valence-corrected chi connectivity index (χ2v) is 8.36. The summed E-state index contributed by atoms with van der Waals surface area (Å²) in [5.41, 5.74) is 1.64. The maximum atomic E-state index is 13.4. The van der Waals surface area contributed by atoms with Gasteiger partial charge in [0.25, 0.3) is 5.91 Å². The number of rotatable bonds is 1. The molecule has 4 rings (SSSR count). The first-order chi connectivity index (χ1) is 13.0. The van der Waals surface area contributed by atoms with Crippen LogP contribution < -0.4 is 14.5 Å². The summed E-state index contributed by atoms with van der Waals surface area (Å²) < 4.78 is 6.02. The molecule has 2 unspecified atom stereocenters. The number of fused-ring (bicyclic) bond motifs is 2. The molecule has 2 heterocycles. The maximum Gasteiger partial charge on any atom is 0.269 e. The van der Waals surface area contributed by atoms with Crippen molar-refractivity contribution in [2.75, 3.05) is 22.9 Å². The van der Waals surface area contributed by atoms with E-state index in [0.29, 0.717) is 17.5 Å². The number of anilines is 2. The van der Waals surface area contributed by atoms with Gasteiger partial charge in [0, 0.05) is 23.6 Å². The first-order valence-electron chi connectivity index (χ1n) is 9.15. The Balaban J connectivity index is 1.66. The molecule has 2 amide bonds. The SMILES string of the molecule is CC(=O)N1CC(C(=O)N2CCC(C)Sc3ccccc32)Oc2ccccc21. The molecule has 140 valence electrons. The molecule has 0 radical (unpaired) electrons. The Morgan fingerprint density at radius 1 is 1.04 bits per heavy atom. The van der Waals surface area contributed by atoms with Crippen molar-refractivity contribution in [1.29, 1.82) is 0 Å². The molecule has 0 fully saturated rings. The number of carbonyl (C=O) groups is 2. The second-order valence-electron chi connectivity index (χ2n) is 6.88. The normalized spacial score (nSPS) is 21.6. The van der Waals surface area contributed by atoms with Gasteiger partial charge in [0.2, 0.25) is 5.91 Å². The van der Waals surface area contributed by atoms with Crippen molar-refractivity contribution in [2.45, 2.75) is 36.5 Å². The smallest absolute Gasteiger partial charge is 0.269 e. The van der Waals surface area contributed by atoms with E-state index >= 15 is 0 Å². The van der Waals surface area contributed by atoms with Gasteiger partial charge in [0.1, 0.15) is 5.75 Å². The van der Waals surface area contributed by atoms with E-state index in [-0.39, 0.29) is 18.4 Å². The van der Waals surface area contributed by atoms with Gasteiger partial charge in [-0.15, -0.1) is 11.8 Å². The molecular formula is C21H22N2O3S. The fourth-order valence-corrected chi connectivity index (χ4v) is 4.66. The predicted octanol–water partition coefficient (Wildman–Crippen LogP) is 3.72. The molecule has 0 N–H and O–H groups in total. The molecule has 6 heteroatoms. The third-order valence-corrected chi connectivity index (χ3v) is 6.18. The highest BCUT2D eigenvalue weighted by Crippen LogP contribution is 2.39. The third-order valence-electron chi connectivity index (χ3n) is 4.94. The van der Waals surface area contributed by atoms with Crippen molar-refractivity contribution >= 4 is 35.0 Å². The van der Waals surface area contributed by atoms with Crippen LogP contribution in [-0.2, 0) is 9.59 Å². The van der Waals surface area contributed by atoms with Crippen LogP contribution in [0.3, 0.4) is 0 Å². The van der Waals surface area contributed by atoms with Crippen LogP contribution in [0.1, 0.15) is 20.3 Å². The highest BCUT2D eigenvalue weighted by molar-refractivity contribution is 8.00. The van der Waals surface area contributed by atoms with Gasteiger partial charge in [0.15, 0.2) is 6.10 Å². The largest absolute Gasteiger partial charge is 0.476 e. The summed E-state index contributed by atoms with van der Waals surface area (Å²) in [5, 5.41) is 0.436. The topological polar surface area (TPSA) is 49.9 Å². The Bertz CT molecular complexity index is 885. The number of ether oxygens (including phenoxy) is 1. The van der Waals surface area contributed by atoms with E-state index in [2.05, 4.69) is 13.0 Å². The van der Waals surface area contributed by atoms with Crippen LogP contribution in [0.5, 0.6) is 5.75 Å². The van der Waals surface area contributed by atoms with Crippen LogP contribution >= 0.6 is 11.8 Å². The highest BCUT2D eigenvalue weighted by atomic mass is 32.2.